The predicted molar refractivity (Wildman–Crippen MR) is 103 cm³/mol. The maximum absolute atomic E-state index is 12.8. The minimum absolute atomic E-state index is 0.127. The number of piperazine rings is 1. The quantitative estimate of drug-likeness (QED) is 0.708. The van der Waals surface area contributed by atoms with Crippen LogP contribution in [0.1, 0.15) is 5.56 Å². The number of rotatable bonds is 5. The number of aromatic nitrogens is 2. The van der Waals surface area contributed by atoms with Crippen LogP contribution < -0.4 is 10.5 Å². The fraction of sp³-hybridized carbons (Fsp3) is 0.350. The average molecular weight is 406 g/mol. The summed E-state index contributed by atoms with van der Waals surface area (Å²) >= 11 is 0. The molecule has 0 aliphatic carbocycles. The summed E-state index contributed by atoms with van der Waals surface area (Å²) in [5, 5.41) is 1.67. The van der Waals surface area contributed by atoms with Crippen molar-refractivity contribution in [2.75, 3.05) is 32.7 Å². The SMILES string of the molecule is O=c1[nH]c2ccccc2n1CCN1CCN(Oc2cccc(C(F)(F)F)c2)CC1. The number of benzene rings is 2. The molecule has 1 aliphatic rings. The number of hydrogen-bond acceptors (Lipinski definition) is 4. The molecule has 0 spiro atoms. The van der Waals surface area contributed by atoms with E-state index in [1.807, 2.05) is 24.3 Å². The molecule has 1 aromatic heterocycles. The Morgan fingerprint density at radius 1 is 0.966 bits per heavy atom. The van der Waals surface area contributed by atoms with Crippen molar-refractivity contribution in [1.82, 2.24) is 19.5 Å². The monoisotopic (exact) mass is 406 g/mol. The van der Waals surface area contributed by atoms with E-state index in [1.165, 1.54) is 12.1 Å². The first-order chi connectivity index (χ1) is 13.9. The molecule has 1 saturated heterocycles. The van der Waals surface area contributed by atoms with Crippen molar-refractivity contribution in [2.24, 2.45) is 0 Å². The highest BCUT2D eigenvalue weighted by Gasteiger charge is 2.31. The van der Waals surface area contributed by atoms with E-state index in [0.29, 0.717) is 39.3 Å². The first-order valence-electron chi connectivity index (χ1n) is 9.40. The van der Waals surface area contributed by atoms with Gasteiger partial charge in [-0.3, -0.25) is 9.47 Å². The largest absolute Gasteiger partial charge is 0.416 e. The molecular weight excluding hydrogens is 385 g/mol. The van der Waals surface area contributed by atoms with Crippen LogP contribution >= 0.6 is 0 Å². The molecule has 0 saturated carbocycles. The molecule has 0 radical (unpaired) electrons. The van der Waals surface area contributed by atoms with Gasteiger partial charge in [0.25, 0.3) is 0 Å². The van der Waals surface area contributed by atoms with Crippen LogP contribution in [0.2, 0.25) is 0 Å². The maximum atomic E-state index is 12.8. The first kappa shape index (κ1) is 19.5. The summed E-state index contributed by atoms with van der Waals surface area (Å²) < 4.78 is 40.2. The van der Waals surface area contributed by atoms with Crippen LogP contribution in [-0.2, 0) is 12.7 Å². The molecule has 1 aliphatic heterocycles. The van der Waals surface area contributed by atoms with Crippen LogP contribution in [0, 0.1) is 0 Å². The van der Waals surface area contributed by atoms with Crippen LogP contribution in [0.15, 0.2) is 53.3 Å². The highest BCUT2D eigenvalue weighted by atomic mass is 19.4. The van der Waals surface area contributed by atoms with Crippen molar-refractivity contribution in [1.29, 1.82) is 0 Å². The van der Waals surface area contributed by atoms with Crippen molar-refractivity contribution in [3.8, 4) is 5.75 Å². The zero-order valence-corrected chi connectivity index (χ0v) is 15.7. The predicted octanol–water partition coefficient (Wildman–Crippen LogP) is 2.96. The van der Waals surface area contributed by atoms with E-state index in [1.54, 1.807) is 9.63 Å². The van der Waals surface area contributed by atoms with Gasteiger partial charge >= 0.3 is 11.9 Å². The maximum Gasteiger partial charge on any atom is 0.416 e. The molecule has 6 nitrogen and oxygen atoms in total. The van der Waals surface area contributed by atoms with Gasteiger partial charge in [0.1, 0.15) is 5.75 Å². The molecule has 0 atom stereocenters. The van der Waals surface area contributed by atoms with Crippen LogP contribution in [0.3, 0.4) is 0 Å². The zero-order valence-electron chi connectivity index (χ0n) is 15.7. The van der Waals surface area contributed by atoms with Gasteiger partial charge < -0.3 is 9.82 Å². The molecular formula is C20H21F3N4O2. The van der Waals surface area contributed by atoms with Gasteiger partial charge in [0.15, 0.2) is 0 Å². The van der Waals surface area contributed by atoms with Gasteiger partial charge in [-0.15, -0.1) is 5.06 Å². The summed E-state index contributed by atoms with van der Waals surface area (Å²) in [6.07, 6.45) is -4.39. The number of halogens is 3. The number of aromatic amines is 1. The summed E-state index contributed by atoms with van der Waals surface area (Å²) in [7, 11) is 0. The normalized spacial score (nSPS) is 16.4. The van der Waals surface area contributed by atoms with E-state index < -0.39 is 11.7 Å². The number of alkyl halides is 3. The molecule has 2 heterocycles. The highest BCUT2D eigenvalue weighted by Crippen LogP contribution is 2.31. The van der Waals surface area contributed by atoms with Gasteiger partial charge in [-0.05, 0) is 30.3 Å². The van der Waals surface area contributed by atoms with E-state index in [-0.39, 0.29) is 11.4 Å². The van der Waals surface area contributed by atoms with Crippen LogP contribution in [0.5, 0.6) is 5.75 Å². The van der Waals surface area contributed by atoms with Crippen molar-refractivity contribution < 1.29 is 18.0 Å². The number of nitrogens with one attached hydrogen (secondary N) is 1. The van der Waals surface area contributed by atoms with Gasteiger partial charge in [0.2, 0.25) is 0 Å². The molecule has 3 aromatic rings. The van der Waals surface area contributed by atoms with Gasteiger partial charge in [-0.1, -0.05) is 18.2 Å². The average Bonchev–Trinajstić information content (AvgIpc) is 3.02. The van der Waals surface area contributed by atoms with E-state index in [4.69, 9.17) is 4.84 Å². The second-order valence-electron chi connectivity index (χ2n) is 6.99. The minimum Gasteiger partial charge on any atom is -0.406 e. The smallest absolute Gasteiger partial charge is 0.406 e. The third-order valence-electron chi connectivity index (χ3n) is 5.05. The lowest BCUT2D eigenvalue weighted by atomic mass is 10.2. The Balaban J connectivity index is 1.31. The Labute approximate surface area is 165 Å². The van der Waals surface area contributed by atoms with E-state index >= 15 is 0 Å². The van der Waals surface area contributed by atoms with Crippen LogP contribution in [0.4, 0.5) is 13.2 Å². The molecule has 0 unspecified atom stereocenters. The molecule has 9 heteroatoms. The van der Waals surface area contributed by atoms with Gasteiger partial charge in [0.05, 0.1) is 16.6 Å². The molecule has 1 N–H and O–H groups in total. The Hall–Kier alpha value is -2.78. The second kappa shape index (κ2) is 7.92. The van der Waals surface area contributed by atoms with Gasteiger partial charge in [-0.25, -0.2) is 4.79 Å². The number of hydrogen-bond donors (Lipinski definition) is 1. The lowest BCUT2D eigenvalue weighted by Gasteiger charge is -2.34. The molecule has 4 rings (SSSR count). The Morgan fingerprint density at radius 3 is 2.48 bits per heavy atom. The molecule has 2 aromatic carbocycles. The summed E-state index contributed by atoms with van der Waals surface area (Å²) in [5.74, 6) is 0.179. The molecule has 29 heavy (non-hydrogen) atoms. The molecule has 154 valence electrons. The summed E-state index contributed by atoms with van der Waals surface area (Å²) in [5.41, 5.74) is 0.844. The van der Waals surface area contributed by atoms with E-state index in [0.717, 1.165) is 23.2 Å². The van der Waals surface area contributed by atoms with Crippen molar-refractivity contribution in [3.05, 3.63) is 64.6 Å². The highest BCUT2D eigenvalue weighted by molar-refractivity contribution is 5.74. The summed E-state index contributed by atoms with van der Waals surface area (Å²) in [4.78, 5) is 22.8. The van der Waals surface area contributed by atoms with Crippen molar-refractivity contribution in [2.45, 2.75) is 12.7 Å². The fourth-order valence-corrected chi connectivity index (χ4v) is 3.49. The Bertz CT molecular complexity index is 1040. The third kappa shape index (κ3) is 4.46. The lowest BCUT2D eigenvalue weighted by molar-refractivity contribution is -0.138. The standard InChI is InChI=1S/C20H21F3N4O2/c21-20(22,23)15-4-3-5-16(14-15)29-26-11-8-25(9-12-26)10-13-27-18-7-2-1-6-17(18)24-19(27)28/h1-7,14H,8-13H2,(H,24,28). The molecule has 1 fully saturated rings. The molecule has 0 bridgehead atoms. The van der Waals surface area contributed by atoms with Gasteiger partial charge in [-0.2, -0.15) is 13.2 Å². The number of H-pyrrole nitrogens is 1. The molecule has 0 amide bonds. The Morgan fingerprint density at radius 2 is 1.72 bits per heavy atom. The van der Waals surface area contributed by atoms with E-state index in [9.17, 15) is 18.0 Å². The topological polar surface area (TPSA) is 53.5 Å². The number of hydroxylamine groups is 2. The van der Waals surface area contributed by atoms with Gasteiger partial charge in [0, 0.05) is 39.3 Å². The van der Waals surface area contributed by atoms with Crippen LogP contribution in [-0.4, -0.2) is 52.2 Å². The Kier molecular flexibility index (Phi) is 5.33. The zero-order chi connectivity index (χ0) is 20.4. The van der Waals surface area contributed by atoms with Crippen molar-refractivity contribution in [3.63, 3.8) is 0 Å². The van der Waals surface area contributed by atoms with Crippen LogP contribution in [0.25, 0.3) is 11.0 Å². The first-order valence-corrected chi connectivity index (χ1v) is 9.40. The number of fused-ring (bicyclic) bond motifs is 1. The number of imidazole rings is 1. The van der Waals surface area contributed by atoms with E-state index in [2.05, 4.69) is 9.88 Å². The lowest BCUT2D eigenvalue weighted by Crippen LogP contribution is -2.48. The number of nitrogens with zero attached hydrogens (tertiary/aromatic N) is 3. The van der Waals surface area contributed by atoms with Crippen molar-refractivity contribution >= 4 is 11.0 Å². The summed E-state index contributed by atoms with van der Waals surface area (Å²) in [6.45, 7) is 3.82. The summed E-state index contributed by atoms with van der Waals surface area (Å²) in [6, 6.07) is 12.5. The number of para-hydroxylation sites is 2. The minimum atomic E-state index is -4.39. The second-order valence-corrected chi connectivity index (χ2v) is 6.99. The fourth-order valence-electron chi connectivity index (χ4n) is 3.49. The third-order valence-corrected chi connectivity index (χ3v) is 5.05.